The molecule has 284 valence electrons. The highest BCUT2D eigenvalue weighted by Gasteiger charge is 2.18. The Kier molecular flexibility index (Phi) is 9.82. The van der Waals surface area contributed by atoms with E-state index in [-0.39, 0.29) is 11.5 Å². The van der Waals surface area contributed by atoms with E-state index in [2.05, 4.69) is 24.3 Å². The van der Waals surface area contributed by atoms with Crippen molar-refractivity contribution in [1.82, 2.24) is 29.9 Å². The van der Waals surface area contributed by atoms with Crippen molar-refractivity contribution in [2.75, 3.05) is 7.11 Å². The molecule has 7 aromatic carbocycles. The third-order valence-corrected chi connectivity index (χ3v) is 10.0. The Morgan fingerprint density at radius 1 is 0.339 bits per heavy atom. The van der Waals surface area contributed by atoms with Crippen LogP contribution in [-0.4, -0.2) is 47.2 Å². The Morgan fingerprint density at radius 3 is 1.02 bits per heavy atom. The summed E-state index contributed by atoms with van der Waals surface area (Å²) in [6.45, 7) is 1.92. The lowest BCUT2D eigenvalue weighted by atomic mass is 10.0. The van der Waals surface area contributed by atoms with E-state index < -0.39 is 0 Å². The fraction of sp³-hybridized carbons (Fsp3) is 0.0400. The maximum absolute atomic E-state index is 11.0. The van der Waals surface area contributed by atoms with Crippen molar-refractivity contribution in [3.63, 3.8) is 0 Å². The molecular weight excluding hydrogens is 733 g/mol. The third kappa shape index (κ3) is 7.73. The second kappa shape index (κ2) is 15.8. The summed E-state index contributed by atoms with van der Waals surface area (Å²) < 4.78 is 5.32. The average molecular weight is 769 g/mol. The summed E-state index contributed by atoms with van der Waals surface area (Å²) in [6.07, 6.45) is 0. The van der Waals surface area contributed by atoms with Gasteiger partial charge in [0, 0.05) is 28.3 Å². The van der Waals surface area contributed by atoms with Crippen LogP contribution in [0.15, 0.2) is 170 Å². The fourth-order valence-corrected chi connectivity index (χ4v) is 6.82. The molecule has 0 bridgehead atoms. The average Bonchev–Trinajstić information content (AvgIpc) is 3.29. The van der Waals surface area contributed by atoms with Crippen LogP contribution in [0.1, 0.15) is 5.56 Å². The predicted octanol–water partition coefficient (Wildman–Crippen LogP) is 11.1. The van der Waals surface area contributed by atoms with E-state index in [0.717, 1.165) is 50.1 Å². The number of phenolic OH excluding ortho intramolecular Hbond substituents is 2. The van der Waals surface area contributed by atoms with Crippen LogP contribution in [0.4, 0.5) is 0 Å². The number of ether oxygens (including phenoxy) is 1. The molecule has 0 aliphatic rings. The van der Waals surface area contributed by atoms with Crippen LogP contribution in [0, 0.1) is 6.92 Å². The lowest BCUT2D eigenvalue weighted by Crippen LogP contribution is -2.01. The Bertz CT molecular complexity index is 2920. The molecule has 0 unspecified atom stereocenters. The maximum atomic E-state index is 11.0. The molecule has 2 aromatic heterocycles. The van der Waals surface area contributed by atoms with E-state index in [1.165, 1.54) is 6.07 Å². The molecule has 0 fully saturated rings. The van der Waals surface area contributed by atoms with Gasteiger partial charge in [-0.3, -0.25) is 0 Å². The first-order valence-corrected chi connectivity index (χ1v) is 19.0. The standard InChI is InChI=1S/C50H36N6O3/c1-31-13-27-41(43(57)29-31)49-53-45(36-18-14-34(15-19-36)32-9-5-3-6-10-32)51-47(54-49)38-22-24-39(25-23-38)48-52-46(37-20-16-35(17-21-37)33-11-7-4-8-12-33)55-50(56-48)42-28-26-40(59-2)30-44(42)58/h3-30,57-58H,1-2H3. The number of aromatic hydroxyl groups is 2. The molecule has 0 aliphatic carbocycles. The summed E-state index contributed by atoms with van der Waals surface area (Å²) >= 11 is 0. The summed E-state index contributed by atoms with van der Waals surface area (Å²) in [5.41, 5.74) is 9.26. The first kappa shape index (κ1) is 36.6. The van der Waals surface area contributed by atoms with Gasteiger partial charge in [-0.15, -0.1) is 0 Å². The van der Waals surface area contributed by atoms with Gasteiger partial charge < -0.3 is 14.9 Å². The normalized spacial score (nSPS) is 11.0. The van der Waals surface area contributed by atoms with Gasteiger partial charge in [-0.25, -0.2) is 29.9 Å². The third-order valence-electron chi connectivity index (χ3n) is 10.0. The van der Waals surface area contributed by atoms with Gasteiger partial charge in [0.2, 0.25) is 0 Å². The molecule has 9 nitrogen and oxygen atoms in total. The summed E-state index contributed by atoms with van der Waals surface area (Å²) in [4.78, 5) is 29.2. The van der Waals surface area contributed by atoms with Gasteiger partial charge in [-0.05, 0) is 59.0 Å². The molecule has 0 amide bonds. The van der Waals surface area contributed by atoms with Crippen LogP contribution < -0.4 is 4.74 Å². The van der Waals surface area contributed by atoms with Gasteiger partial charge in [0.1, 0.15) is 17.2 Å². The zero-order valence-corrected chi connectivity index (χ0v) is 32.2. The number of aryl methyl sites for hydroxylation is 1. The lowest BCUT2D eigenvalue weighted by molar-refractivity contribution is 0.408. The molecule has 9 rings (SSSR count). The van der Waals surface area contributed by atoms with E-state index in [0.29, 0.717) is 51.8 Å². The second-order valence-corrected chi connectivity index (χ2v) is 14.0. The Balaban J connectivity index is 1.11. The summed E-state index contributed by atoms with van der Waals surface area (Å²) in [5.74, 6) is 3.01. The number of rotatable bonds is 9. The molecule has 9 aromatic rings. The van der Waals surface area contributed by atoms with Crippen molar-refractivity contribution in [1.29, 1.82) is 0 Å². The zero-order valence-electron chi connectivity index (χ0n) is 32.2. The van der Waals surface area contributed by atoms with E-state index in [1.807, 2.05) is 128 Å². The molecule has 0 saturated carbocycles. The molecule has 2 N–H and O–H groups in total. The van der Waals surface area contributed by atoms with Crippen molar-refractivity contribution >= 4 is 0 Å². The van der Waals surface area contributed by atoms with Gasteiger partial charge in [0.25, 0.3) is 0 Å². The molecular formula is C50H36N6O3. The molecule has 0 radical (unpaired) electrons. The second-order valence-electron chi connectivity index (χ2n) is 14.0. The van der Waals surface area contributed by atoms with Crippen LogP contribution in [0.3, 0.4) is 0 Å². The van der Waals surface area contributed by atoms with Crippen LogP contribution in [0.2, 0.25) is 0 Å². The summed E-state index contributed by atoms with van der Waals surface area (Å²) in [6, 6.07) is 54.6. The molecule has 59 heavy (non-hydrogen) atoms. The van der Waals surface area contributed by atoms with Gasteiger partial charge >= 0.3 is 0 Å². The fourth-order valence-electron chi connectivity index (χ4n) is 6.82. The van der Waals surface area contributed by atoms with Crippen molar-refractivity contribution in [2.24, 2.45) is 0 Å². The minimum absolute atomic E-state index is 0.0158. The quantitative estimate of drug-likeness (QED) is 0.147. The van der Waals surface area contributed by atoms with Crippen molar-refractivity contribution < 1.29 is 14.9 Å². The molecule has 0 atom stereocenters. The topological polar surface area (TPSA) is 127 Å². The number of methoxy groups -OCH3 is 1. The number of hydrogen-bond donors (Lipinski definition) is 2. The first-order chi connectivity index (χ1) is 28.9. The van der Waals surface area contributed by atoms with Gasteiger partial charge in [-0.2, -0.15) is 0 Å². The summed E-state index contributed by atoms with van der Waals surface area (Å²) in [5, 5.41) is 22.0. The van der Waals surface area contributed by atoms with Gasteiger partial charge in [-0.1, -0.05) is 140 Å². The minimum Gasteiger partial charge on any atom is -0.507 e. The van der Waals surface area contributed by atoms with Crippen molar-refractivity contribution in [2.45, 2.75) is 6.92 Å². The molecule has 0 aliphatic heterocycles. The maximum Gasteiger partial charge on any atom is 0.167 e. The number of benzene rings is 7. The van der Waals surface area contributed by atoms with Gasteiger partial charge in [0.05, 0.1) is 18.2 Å². The van der Waals surface area contributed by atoms with Crippen LogP contribution in [0.5, 0.6) is 17.2 Å². The van der Waals surface area contributed by atoms with E-state index in [1.54, 1.807) is 25.3 Å². The summed E-state index contributed by atoms with van der Waals surface area (Å²) in [7, 11) is 1.55. The largest absolute Gasteiger partial charge is 0.507 e. The first-order valence-electron chi connectivity index (χ1n) is 19.0. The molecule has 0 spiro atoms. The molecule has 0 saturated heterocycles. The predicted molar refractivity (Wildman–Crippen MR) is 231 cm³/mol. The van der Waals surface area contributed by atoms with E-state index >= 15 is 0 Å². The highest BCUT2D eigenvalue weighted by Crippen LogP contribution is 2.35. The highest BCUT2D eigenvalue weighted by atomic mass is 16.5. The van der Waals surface area contributed by atoms with E-state index in [9.17, 15) is 10.2 Å². The number of hydrogen-bond acceptors (Lipinski definition) is 9. The SMILES string of the molecule is COc1ccc(-c2nc(-c3ccc(-c4ccccc4)cc3)nc(-c3ccc(-c4nc(-c5ccc(-c6ccccc6)cc5)nc(-c5ccc(C)cc5O)n4)cc3)n2)c(O)c1. The van der Waals surface area contributed by atoms with E-state index in [4.69, 9.17) is 34.6 Å². The number of phenols is 2. The van der Waals surface area contributed by atoms with Crippen molar-refractivity contribution in [3.05, 3.63) is 175 Å². The van der Waals surface area contributed by atoms with Crippen LogP contribution in [-0.2, 0) is 0 Å². The Hall–Kier alpha value is -8.04. The molecule has 2 heterocycles. The van der Waals surface area contributed by atoms with Gasteiger partial charge in [0.15, 0.2) is 34.9 Å². The zero-order chi connectivity index (χ0) is 40.3. The lowest BCUT2D eigenvalue weighted by Gasteiger charge is -2.12. The molecule has 9 heteroatoms. The number of nitrogens with zero attached hydrogens (tertiary/aromatic N) is 6. The Labute approximate surface area is 341 Å². The highest BCUT2D eigenvalue weighted by molar-refractivity contribution is 5.75. The Morgan fingerprint density at radius 2 is 0.661 bits per heavy atom. The smallest absolute Gasteiger partial charge is 0.167 e. The van der Waals surface area contributed by atoms with Crippen molar-refractivity contribution in [3.8, 4) is 108 Å². The van der Waals surface area contributed by atoms with Crippen LogP contribution in [0.25, 0.3) is 90.6 Å². The monoisotopic (exact) mass is 768 g/mol. The van der Waals surface area contributed by atoms with Crippen LogP contribution >= 0.6 is 0 Å². The number of aromatic nitrogens is 6. The minimum atomic E-state index is -0.0158.